The van der Waals surface area contributed by atoms with Crippen LogP contribution in [-0.2, 0) is 4.79 Å². The van der Waals surface area contributed by atoms with E-state index in [-0.39, 0.29) is 12.3 Å². The maximum Gasteiger partial charge on any atom is 0.305 e. The van der Waals surface area contributed by atoms with Gasteiger partial charge in [-0.3, -0.25) is 9.59 Å². The number of rotatable bonds is 5. The molecular weight excluding hydrogens is 328 g/mol. The molecule has 1 atom stereocenters. The molecular formula is C18H15ClN2O3. The van der Waals surface area contributed by atoms with Crippen molar-refractivity contribution in [2.45, 2.75) is 12.5 Å². The number of carbonyl (C=O) groups is 2. The Hall–Kier alpha value is -2.79. The Kier molecular flexibility index (Phi) is 4.53. The summed E-state index contributed by atoms with van der Waals surface area (Å²) in [5, 5.41) is 13.2. The van der Waals surface area contributed by atoms with Crippen LogP contribution >= 0.6 is 11.6 Å². The summed E-state index contributed by atoms with van der Waals surface area (Å²) in [6.07, 6.45) is 1.53. The first-order valence-corrected chi connectivity index (χ1v) is 7.76. The standard InChI is InChI=1S/C18H15ClN2O3/c19-12-4-1-3-11(9-12)16(10-17(22)23)21-18(24)14-5-2-6-15-13(14)7-8-20-15/h1-9,16,20H,10H2,(H,21,24)(H,22,23). The van der Waals surface area contributed by atoms with E-state index in [1.807, 2.05) is 12.1 Å². The number of nitrogens with one attached hydrogen (secondary N) is 2. The normalized spacial score (nSPS) is 12.0. The SMILES string of the molecule is O=C(O)CC(NC(=O)c1cccc2[nH]ccc12)c1cccc(Cl)c1. The van der Waals surface area contributed by atoms with Gasteiger partial charge < -0.3 is 15.4 Å². The van der Waals surface area contributed by atoms with E-state index < -0.39 is 12.0 Å². The van der Waals surface area contributed by atoms with E-state index in [4.69, 9.17) is 16.7 Å². The third-order valence-corrected chi connectivity index (χ3v) is 4.01. The fourth-order valence-corrected chi connectivity index (χ4v) is 2.87. The smallest absolute Gasteiger partial charge is 0.305 e. The molecule has 0 aliphatic heterocycles. The third-order valence-electron chi connectivity index (χ3n) is 3.77. The van der Waals surface area contributed by atoms with Crippen LogP contribution in [0.25, 0.3) is 10.9 Å². The van der Waals surface area contributed by atoms with Crippen LogP contribution < -0.4 is 5.32 Å². The third kappa shape index (κ3) is 3.41. The largest absolute Gasteiger partial charge is 0.481 e. The topological polar surface area (TPSA) is 82.2 Å². The lowest BCUT2D eigenvalue weighted by Crippen LogP contribution is -2.30. The Morgan fingerprint density at radius 2 is 1.96 bits per heavy atom. The van der Waals surface area contributed by atoms with Gasteiger partial charge in [-0.25, -0.2) is 0 Å². The number of hydrogen-bond donors (Lipinski definition) is 3. The summed E-state index contributed by atoms with van der Waals surface area (Å²) in [6, 6.07) is 13.3. The number of benzene rings is 2. The molecule has 3 aromatic rings. The molecule has 1 unspecified atom stereocenters. The molecule has 2 aromatic carbocycles. The molecule has 1 aromatic heterocycles. The molecule has 24 heavy (non-hydrogen) atoms. The molecule has 122 valence electrons. The van der Waals surface area contributed by atoms with E-state index in [2.05, 4.69) is 10.3 Å². The second kappa shape index (κ2) is 6.76. The number of carboxylic acids is 1. The minimum atomic E-state index is -1.000. The van der Waals surface area contributed by atoms with Gasteiger partial charge in [0.1, 0.15) is 0 Å². The van der Waals surface area contributed by atoms with Crippen molar-refractivity contribution in [3.8, 4) is 0 Å². The Bertz CT molecular complexity index is 904. The number of fused-ring (bicyclic) bond motifs is 1. The highest BCUT2D eigenvalue weighted by molar-refractivity contribution is 6.30. The number of aliphatic carboxylic acids is 1. The molecule has 0 radical (unpaired) electrons. The molecule has 0 saturated carbocycles. The van der Waals surface area contributed by atoms with Gasteiger partial charge in [-0.2, -0.15) is 0 Å². The minimum absolute atomic E-state index is 0.227. The second-order valence-corrected chi connectivity index (χ2v) is 5.86. The van der Waals surface area contributed by atoms with Gasteiger partial charge in [-0.1, -0.05) is 29.8 Å². The van der Waals surface area contributed by atoms with E-state index in [1.54, 1.807) is 42.6 Å². The lowest BCUT2D eigenvalue weighted by atomic mass is 10.0. The molecule has 1 heterocycles. The van der Waals surface area contributed by atoms with Crippen molar-refractivity contribution < 1.29 is 14.7 Å². The van der Waals surface area contributed by atoms with Crippen LogP contribution in [0.2, 0.25) is 5.02 Å². The monoisotopic (exact) mass is 342 g/mol. The predicted molar refractivity (Wildman–Crippen MR) is 92.2 cm³/mol. The van der Waals surface area contributed by atoms with E-state index >= 15 is 0 Å². The van der Waals surface area contributed by atoms with Crippen LogP contribution in [0.15, 0.2) is 54.7 Å². The average Bonchev–Trinajstić information content (AvgIpc) is 3.02. The summed E-state index contributed by atoms with van der Waals surface area (Å²) in [4.78, 5) is 26.9. The van der Waals surface area contributed by atoms with Crippen molar-refractivity contribution in [2.75, 3.05) is 0 Å². The first-order chi connectivity index (χ1) is 11.5. The number of halogens is 1. The van der Waals surface area contributed by atoms with Crippen LogP contribution in [-0.4, -0.2) is 22.0 Å². The first kappa shape index (κ1) is 16.1. The molecule has 0 spiro atoms. The Balaban J connectivity index is 1.91. The fourth-order valence-electron chi connectivity index (χ4n) is 2.67. The summed E-state index contributed by atoms with van der Waals surface area (Å²) in [7, 11) is 0. The van der Waals surface area contributed by atoms with Crippen molar-refractivity contribution in [1.82, 2.24) is 10.3 Å². The number of carboxylic acid groups (broad SMARTS) is 1. The van der Waals surface area contributed by atoms with Gasteiger partial charge in [-0.15, -0.1) is 0 Å². The van der Waals surface area contributed by atoms with Gasteiger partial charge in [0, 0.05) is 27.7 Å². The zero-order chi connectivity index (χ0) is 17.1. The highest BCUT2D eigenvalue weighted by atomic mass is 35.5. The molecule has 0 bridgehead atoms. The van der Waals surface area contributed by atoms with Crippen molar-refractivity contribution in [2.24, 2.45) is 0 Å². The van der Waals surface area contributed by atoms with Crippen LogP contribution in [0.4, 0.5) is 0 Å². The Morgan fingerprint density at radius 3 is 2.71 bits per heavy atom. The number of aromatic amines is 1. The van der Waals surface area contributed by atoms with Crippen LogP contribution in [0.3, 0.4) is 0 Å². The summed E-state index contributed by atoms with van der Waals surface area (Å²) in [5.41, 5.74) is 1.99. The van der Waals surface area contributed by atoms with Crippen molar-refractivity contribution in [3.05, 3.63) is 70.9 Å². The van der Waals surface area contributed by atoms with E-state index in [0.29, 0.717) is 16.1 Å². The second-order valence-electron chi connectivity index (χ2n) is 5.42. The Morgan fingerprint density at radius 1 is 1.17 bits per heavy atom. The van der Waals surface area contributed by atoms with Gasteiger partial charge in [0.2, 0.25) is 0 Å². The van der Waals surface area contributed by atoms with Crippen LogP contribution in [0, 0.1) is 0 Å². The van der Waals surface area contributed by atoms with Gasteiger partial charge in [0.15, 0.2) is 0 Å². The molecule has 5 nitrogen and oxygen atoms in total. The van der Waals surface area contributed by atoms with E-state index in [9.17, 15) is 9.59 Å². The van der Waals surface area contributed by atoms with Gasteiger partial charge in [-0.05, 0) is 35.9 Å². The lowest BCUT2D eigenvalue weighted by molar-refractivity contribution is -0.137. The summed E-state index contributed by atoms with van der Waals surface area (Å²) < 4.78 is 0. The first-order valence-electron chi connectivity index (χ1n) is 7.39. The lowest BCUT2D eigenvalue weighted by Gasteiger charge is -2.18. The zero-order valence-electron chi connectivity index (χ0n) is 12.6. The zero-order valence-corrected chi connectivity index (χ0v) is 13.4. The van der Waals surface area contributed by atoms with Crippen molar-refractivity contribution >= 4 is 34.4 Å². The average molecular weight is 343 g/mol. The Labute approximate surface area is 143 Å². The van der Waals surface area contributed by atoms with Crippen LogP contribution in [0.5, 0.6) is 0 Å². The quantitative estimate of drug-likeness (QED) is 0.660. The van der Waals surface area contributed by atoms with Gasteiger partial charge >= 0.3 is 5.97 Å². The molecule has 0 aliphatic rings. The maximum atomic E-state index is 12.7. The number of carbonyl (C=O) groups excluding carboxylic acids is 1. The maximum absolute atomic E-state index is 12.7. The highest BCUT2D eigenvalue weighted by Gasteiger charge is 2.20. The molecule has 3 rings (SSSR count). The number of aromatic nitrogens is 1. The van der Waals surface area contributed by atoms with Gasteiger partial charge in [0.05, 0.1) is 12.5 Å². The molecule has 3 N–H and O–H groups in total. The summed E-state index contributed by atoms with van der Waals surface area (Å²) in [5.74, 6) is -1.33. The minimum Gasteiger partial charge on any atom is -0.481 e. The molecule has 0 saturated heterocycles. The van der Waals surface area contributed by atoms with Gasteiger partial charge in [0.25, 0.3) is 5.91 Å². The molecule has 6 heteroatoms. The van der Waals surface area contributed by atoms with Crippen molar-refractivity contribution in [3.63, 3.8) is 0 Å². The summed E-state index contributed by atoms with van der Waals surface area (Å²) >= 11 is 5.98. The summed E-state index contributed by atoms with van der Waals surface area (Å²) in [6.45, 7) is 0. The number of hydrogen-bond acceptors (Lipinski definition) is 2. The van der Waals surface area contributed by atoms with Crippen LogP contribution in [0.1, 0.15) is 28.4 Å². The highest BCUT2D eigenvalue weighted by Crippen LogP contribution is 2.23. The number of amides is 1. The van der Waals surface area contributed by atoms with E-state index in [1.165, 1.54) is 0 Å². The molecule has 0 fully saturated rings. The van der Waals surface area contributed by atoms with Crippen molar-refractivity contribution in [1.29, 1.82) is 0 Å². The number of H-pyrrole nitrogens is 1. The molecule has 0 aliphatic carbocycles. The van der Waals surface area contributed by atoms with E-state index in [0.717, 1.165) is 10.9 Å². The fraction of sp³-hybridized carbons (Fsp3) is 0.111. The predicted octanol–water partition coefficient (Wildman–Crippen LogP) is 3.77. The molecule has 1 amide bonds.